The molecular formula is C20H23N5. The SMILES string of the molecule is Cc1ccc(Nc2cc(C)nc(N(C)CCc3ccncc3)n2)cc1. The molecule has 0 fully saturated rings. The average molecular weight is 333 g/mol. The van der Waals surface area contributed by atoms with Gasteiger partial charge in [-0.05, 0) is 50.1 Å². The zero-order valence-electron chi connectivity index (χ0n) is 14.9. The summed E-state index contributed by atoms with van der Waals surface area (Å²) in [5.41, 5.74) is 4.46. The van der Waals surface area contributed by atoms with Crippen LogP contribution in [0.1, 0.15) is 16.8 Å². The molecule has 0 radical (unpaired) electrons. The van der Waals surface area contributed by atoms with Crippen LogP contribution in [0.4, 0.5) is 17.5 Å². The van der Waals surface area contributed by atoms with Crippen LogP contribution >= 0.6 is 0 Å². The van der Waals surface area contributed by atoms with Gasteiger partial charge in [-0.3, -0.25) is 4.98 Å². The molecule has 0 atom stereocenters. The van der Waals surface area contributed by atoms with Crippen molar-refractivity contribution in [2.24, 2.45) is 0 Å². The first-order chi connectivity index (χ1) is 12.1. The Balaban J connectivity index is 1.70. The Morgan fingerprint density at radius 3 is 2.40 bits per heavy atom. The van der Waals surface area contributed by atoms with Crippen LogP contribution in [0.15, 0.2) is 54.9 Å². The first kappa shape index (κ1) is 16.9. The van der Waals surface area contributed by atoms with Gasteiger partial charge in [0.05, 0.1) is 0 Å². The highest BCUT2D eigenvalue weighted by atomic mass is 15.2. The fourth-order valence-corrected chi connectivity index (χ4v) is 2.52. The highest BCUT2D eigenvalue weighted by Gasteiger charge is 2.08. The summed E-state index contributed by atoms with van der Waals surface area (Å²) in [6.07, 6.45) is 4.57. The molecule has 2 aromatic heterocycles. The van der Waals surface area contributed by atoms with Gasteiger partial charge in [-0.1, -0.05) is 17.7 Å². The predicted octanol–water partition coefficient (Wildman–Crippen LogP) is 3.91. The summed E-state index contributed by atoms with van der Waals surface area (Å²) in [5.74, 6) is 1.53. The van der Waals surface area contributed by atoms with Crippen LogP contribution in [0.5, 0.6) is 0 Å². The predicted molar refractivity (Wildman–Crippen MR) is 102 cm³/mol. The quantitative estimate of drug-likeness (QED) is 0.741. The van der Waals surface area contributed by atoms with E-state index in [0.29, 0.717) is 0 Å². The molecule has 2 heterocycles. The lowest BCUT2D eigenvalue weighted by Crippen LogP contribution is -2.23. The van der Waals surface area contributed by atoms with Crippen molar-refractivity contribution in [3.63, 3.8) is 0 Å². The summed E-state index contributed by atoms with van der Waals surface area (Å²) < 4.78 is 0. The average Bonchev–Trinajstić information content (AvgIpc) is 2.62. The third kappa shape index (κ3) is 4.76. The van der Waals surface area contributed by atoms with Crippen LogP contribution in [0, 0.1) is 13.8 Å². The van der Waals surface area contributed by atoms with Crippen LogP contribution < -0.4 is 10.2 Å². The van der Waals surface area contributed by atoms with Crippen molar-refractivity contribution in [1.82, 2.24) is 15.0 Å². The molecule has 1 aromatic carbocycles. The van der Waals surface area contributed by atoms with Gasteiger partial charge >= 0.3 is 0 Å². The van der Waals surface area contributed by atoms with Crippen molar-refractivity contribution < 1.29 is 0 Å². The Morgan fingerprint density at radius 2 is 1.68 bits per heavy atom. The normalized spacial score (nSPS) is 10.5. The van der Waals surface area contributed by atoms with Crippen LogP contribution in [-0.2, 0) is 6.42 Å². The van der Waals surface area contributed by atoms with Crippen molar-refractivity contribution in [3.8, 4) is 0 Å². The minimum atomic E-state index is 0.726. The Hall–Kier alpha value is -2.95. The van der Waals surface area contributed by atoms with E-state index in [9.17, 15) is 0 Å². The third-order valence-corrected chi connectivity index (χ3v) is 3.99. The molecule has 3 rings (SSSR count). The second kappa shape index (κ2) is 7.75. The standard InChI is InChI=1S/C20H23N5/c1-15-4-6-18(7-5-15)23-19-14-16(2)22-20(24-19)25(3)13-10-17-8-11-21-12-9-17/h4-9,11-12,14H,10,13H2,1-3H3,(H,22,23,24). The lowest BCUT2D eigenvalue weighted by atomic mass is 10.2. The van der Waals surface area contributed by atoms with E-state index in [0.717, 1.165) is 36.1 Å². The van der Waals surface area contributed by atoms with E-state index in [-0.39, 0.29) is 0 Å². The molecule has 0 saturated carbocycles. The number of nitrogens with zero attached hydrogens (tertiary/aromatic N) is 4. The number of hydrogen-bond acceptors (Lipinski definition) is 5. The van der Waals surface area contributed by atoms with Crippen molar-refractivity contribution in [3.05, 3.63) is 71.7 Å². The zero-order chi connectivity index (χ0) is 17.6. The number of pyridine rings is 1. The summed E-state index contributed by atoms with van der Waals surface area (Å²) in [5, 5.41) is 3.35. The minimum absolute atomic E-state index is 0.726. The molecule has 0 saturated heterocycles. The highest BCUT2D eigenvalue weighted by molar-refractivity contribution is 5.58. The molecule has 0 spiro atoms. The van der Waals surface area contributed by atoms with E-state index in [1.807, 2.05) is 44.6 Å². The van der Waals surface area contributed by atoms with Crippen molar-refractivity contribution in [2.45, 2.75) is 20.3 Å². The molecule has 128 valence electrons. The van der Waals surface area contributed by atoms with Crippen molar-refractivity contribution in [2.75, 3.05) is 23.8 Å². The summed E-state index contributed by atoms with van der Waals surface area (Å²) in [7, 11) is 2.02. The van der Waals surface area contributed by atoms with Gasteiger partial charge in [-0.25, -0.2) is 4.98 Å². The number of likely N-dealkylation sites (N-methyl/N-ethyl adjacent to an activating group) is 1. The van der Waals surface area contributed by atoms with E-state index in [4.69, 9.17) is 0 Å². The number of rotatable bonds is 6. The van der Waals surface area contributed by atoms with E-state index < -0.39 is 0 Å². The first-order valence-electron chi connectivity index (χ1n) is 8.39. The molecule has 5 nitrogen and oxygen atoms in total. The molecular weight excluding hydrogens is 310 g/mol. The molecule has 0 aliphatic rings. The zero-order valence-corrected chi connectivity index (χ0v) is 14.9. The summed E-state index contributed by atoms with van der Waals surface area (Å²) in [6.45, 7) is 4.91. The molecule has 5 heteroatoms. The molecule has 0 amide bonds. The Bertz CT molecular complexity index is 815. The third-order valence-electron chi connectivity index (χ3n) is 3.99. The lowest BCUT2D eigenvalue weighted by molar-refractivity contribution is 0.833. The Kier molecular flexibility index (Phi) is 5.23. The smallest absolute Gasteiger partial charge is 0.227 e. The second-order valence-corrected chi connectivity index (χ2v) is 6.21. The molecule has 25 heavy (non-hydrogen) atoms. The van der Waals surface area contributed by atoms with Gasteiger partial charge in [0.25, 0.3) is 0 Å². The van der Waals surface area contributed by atoms with E-state index in [1.165, 1.54) is 11.1 Å². The van der Waals surface area contributed by atoms with Crippen molar-refractivity contribution in [1.29, 1.82) is 0 Å². The molecule has 0 aliphatic carbocycles. The Morgan fingerprint density at radius 1 is 0.960 bits per heavy atom. The van der Waals surface area contributed by atoms with E-state index >= 15 is 0 Å². The maximum absolute atomic E-state index is 4.65. The summed E-state index contributed by atoms with van der Waals surface area (Å²) in [4.78, 5) is 15.3. The second-order valence-electron chi connectivity index (χ2n) is 6.21. The van der Waals surface area contributed by atoms with Gasteiger partial charge in [0.1, 0.15) is 5.82 Å². The van der Waals surface area contributed by atoms with Gasteiger partial charge < -0.3 is 10.2 Å². The number of hydrogen-bond donors (Lipinski definition) is 1. The number of benzene rings is 1. The van der Waals surface area contributed by atoms with Crippen LogP contribution in [0.25, 0.3) is 0 Å². The molecule has 1 N–H and O–H groups in total. The van der Waals surface area contributed by atoms with Gasteiger partial charge in [-0.15, -0.1) is 0 Å². The summed E-state index contributed by atoms with van der Waals surface area (Å²) >= 11 is 0. The first-order valence-corrected chi connectivity index (χ1v) is 8.39. The van der Waals surface area contributed by atoms with E-state index in [2.05, 4.69) is 56.4 Å². The number of anilines is 3. The van der Waals surface area contributed by atoms with Crippen molar-refractivity contribution >= 4 is 17.5 Å². The maximum atomic E-state index is 4.65. The summed E-state index contributed by atoms with van der Waals surface area (Å²) in [6, 6.07) is 14.3. The minimum Gasteiger partial charge on any atom is -0.343 e. The van der Waals surface area contributed by atoms with E-state index in [1.54, 1.807) is 0 Å². The fraction of sp³-hybridized carbons (Fsp3) is 0.250. The number of nitrogens with one attached hydrogen (secondary N) is 1. The number of aryl methyl sites for hydroxylation is 2. The van der Waals surface area contributed by atoms with Gasteiger partial charge in [0, 0.05) is 43.4 Å². The lowest BCUT2D eigenvalue weighted by Gasteiger charge is -2.18. The van der Waals surface area contributed by atoms with Gasteiger partial charge in [0.15, 0.2) is 0 Å². The van der Waals surface area contributed by atoms with Gasteiger partial charge in [-0.2, -0.15) is 4.98 Å². The highest BCUT2D eigenvalue weighted by Crippen LogP contribution is 2.18. The van der Waals surface area contributed by atoms with Crippen LogP contribution in [0.3, 0.4) is 0 Å². The molecule has 0 unspecified atom stereocenters. The largest absolute Gasteiger partial charge is 0.343 e. The molecule has 0 bridgehead atoms. The Labute approximate surface area is 148 Å². The van der Waals surface area contributed by atoms with Crippen LogP contribution in [-0.4, -0.2) is 28.5 Å². The number of aromatic nitrogens is 3. The fourth-order valence-electron chi connectivity index (χ4n) is 2.52. The molecule has 0 aliphatic heterocycles. The van der Waals surface area contributed by atoms with Gasteiger partial charge in [0.2, 0.25) is 5.95 Å². The molecule has 3 aromatic rings. The maximum Gasteiger partial charge on any atom is 0.227 e. The monoisotopic (exact) mass is 333 g/mol. The van der Waals surface area contributed by atoms with Crippen LogP contribution in [0.2, 0.25) is 0 Å². The topological polar surface area (TPSA) is 53.9 Å².